The molecule has 96 valence electrons. The van der Waals surface area contributed by atoms with Gasteiger partial charge in [-0.15, -0.1) is 0 Å². The lowest BCUT2D eigenvalue weighted by atomic mass is 10.0. The van der Waals surface area contributed by atoms with Gasteiger partial charge in [0.05, 0.1) is 9.95 Å². The zero-order valence-electron chi connectivity index (χ0n) is 9.67. The minimum atomic E-state index is -0.542. The van der Waals surface area contributed by atoms with Gasteiger partial charge in [-0.25, -0.2) is 0 Å². The number of hydrogen-bond donors (Lipinski definition) is 1. The fraction of sp³-hybridized carbons (Fsp3) is 0. The minimum absolute atomic E-state index is 0.0835. The highest BCUT2D eigenvalue weighted by Crippen LogP contribution is 2.31. The molecule has 0 aromatic heterocycles. The first-order chi connectivity index (χ1) is 8.99. The molecule has 0 radical (unpaired) electrons. The Morgan fingerprint density at radius 3 is 2.53 bits per heavy atom. The quantitative estimate of drug-likeness (QED) is 0.690. The van der Waals surface area contributed by atoms with Crippen LogP contribution in [0.5, 0.6) is 0 Å². The zero-order valence-corrected chi connectivity index (χ0v) is 10.4. The fourth-order valence-corrected chi connectivity index (χ4v) is 1.98. The first kappa shape index (κ1) is 13.0. The normalized spacial score (nSPS) is 10.2. The van der Waals surface area contributed by atoms with E-state index in [0.29, 0.717) is 16.7 Å². The van der Waals surface area contributed by atoms with E-state index in [9.17, 15) is 14.9 Å². The van der Waals surface area contributed by atoms with Crippen LogP contribution in [0.2, 0.25) is 5.02 Å². The lowest BCUT2D eigenvalue weighted by Gasteiger charge is -2.05. The van der Waals surface area contributed by atoms with Crippen molar-refractivity contribution < 1.29 is 9.72 Å². The monoisotopic (exact) mass is 276 g/mol. The maximum atomic E-state index is 11.1. The summed E-state index contributed by atoms with van der Waals surface area (Å²) in [5.74, 6) is -0.542. The Bertz CT molecular complexity index is 671. The largest absolute Gasteiger partial charge is 0.366 e. The molecule has 5 nitrogen and oxygen atoms in total. The summed E-state index contributed by atoms with van der Waals surface area (Å²) in [6.45, 7) is 0. The molecule has 6 heteroatoms. The number of benzene rings is 2. The van der Waals surface area contributed by atoms with E-state index in [4.69, 9.17) is 17.3 Å². The third kappa shape index (κ3) is 2.71. The molecule has 0 aliphatic heterocycles. The van der Waals surface area contributed by atoms with Crippen molar-refractivity contribution in [3.63, 3.8) is 0 Å². The van der Waals surface area contributed by atoms with Crippen molar-refractivity contribution in [1.82, 2.24) is 0 Å². The number of amides is 1. The summed E-state index contributed by atoms with van der Waals surface area (Å²) >= 11 is 6.02. The van der Waals surface area contributed by atoms with E-state index in [1.807, 2.05) is 0 Å². The Balaban J connectivity index is 2.50. The molecule has 1 amide bonds. The third-order valence-corrected chi connectivity index (χ3v) is 2.93. The van der Waals surface area contributed by atoms with Crippen LogP contribution < -0.4 is 5.73 Å². The summed E-state index contributed by atoms with van der Waals surface area (Å²) < 4.78 is 0. The number of nitro benzene ring substituents is 1. The molecule has 0 atom stereocenters. The number of rotatable bonds is 3. The van der Waals surface area contributed by atoms with Crippen molar-refractivity contribution in [3.05, 3.63) is 63.2 Å². The van der Waals surface area contributed by atoms with Crippen molar-refractivity contribution in [2.75, 3.05) is 0 Å². The Labute approximate surface area is 113 Å². The van der Waals surface area contributed by atoms with E-state index in [-0.39, 0.29) is 10.7 Å². The summed E-state index contributed by atoms with van der Waals surface area (Å²) in [5.41, 5.74) is 6.76. The van der Waals surface area contributed by atoms with Crippen LogP contribution in [-0.4, -0.2) is 10.8 Å². The van der Waals surface area contributed by atoms with E-state index < -0.39 is 10.8 Å². The van der Waals surface area contributed by atoms with Crippen molar-refractivity contribution in [3.8, 4) is 11.1 Å². The van der Waals surface area contributed by atoms with Gasteiger partial charge in [-0.2, -0.15) is 0 Å². The smallest absolute Gasteiger partial charge is 0.270 e. The van der Waals surface area contributed by atoms with E-state index >= 15 is 0 Å². The molecule has 19 heavy (non-hydrogen) atoms. The topological polar surface area (TPSA) is 86.2 Å². The van der Waals surface area contributed by atoms with Gasteiger partial charge in [-0.1, -0.05) is 23.7 Å². The Hall–Kier alpha value is -2.40. The molecular formula is C13H9ClN2O3. The van der Waals surface area contributed by atoms with E-state index in [0.717, 1.165) is 0 Å². The SMILES string of the molecule is NC(=O)c1cccc(-c2ccc([N+](=O)[O-])cc2Cl)c1. The molecule has 0 heterocycles. The predicted molar refractivity (Wildman–Crippen MR) is 72.1 cm³/mol. The van der Waals surface area contributed by atoms with Crippen LogP contribution >= 0.6 is 11.6 Å². The van der Waals surface area contributed by atoms with Gasteiger partial charge in [-0.05, 0) is 23.8 Å². The second-order valence-electron chi connectivity index (χ2n) is 3.87. The van der Waals surface area contributed by atoms with Crippen LogP contribution in [0.1, 0.15) is 10.4 Å². The van der Waals surface area contributed by atoms with Gasteiger partial charge in [-0.3, -0.25) is 14.9 Å². The lowest BCUT2D eigenvalue weighted by Crippen LogP contribution is -2.10. The maximum absolute atomic E-state index is 11.1. The third-order valence-electron chi connectivity index (χ3n) is 2.62. The fourth-order valence-electron chi connectivity index (χ4n) is 1.69. The number of nitrogens with two attached hydrogens (primary N) is 1. The van der Waals surface area contributed by atoms with Gasteiger partial charge in [0.1, 0.15) is 0 Å². The van der Waals surface area contributed by atoms with Crippen molar-refractivity contribution in [2.24, 2.45) is 5.73 Å². The number of non-ortho nitro benzene ring substituents is 1. The van der Waals surface area contributed by atoms with Crippen molar-refractivity contribution in [1.29, 1.82) is 0 Å². The number of halogens is 1. The molecule has 0 aliphatic rings. The molecule has 0 aliphatic carbocycles. The lowest BCUT2D eigenvalue weighted by molar-refractivity contribution is -0.384. The summed E-state index contributed by atoms with van der Waals surface area (Å²) in [5, 5.41) is 10.9. The molecule has 0 unspecified atom stereocenters. The number of nitrogens with zero attached hydrogens (tertiary/aromatic N) is 1. The minimum Gasteiger partial charge on any atom is -0.366 e. The zero-order chi connectivity index (χ0) is 14.0. The molecule has 2 aromatic carbocycles. The average Bonchev–Trinajstić information content (AvgIpc) is 2.38. The van der Waals surface area contributed by atoms with Crippen LogP contribution in [0.4, 0.5) is 5.69 Å². The number of carbonyl (C=O) groups is 1. The number of primary amides is 1. The predicted octanol–water partition coefficient (Wildman–Crippen LogP) is 3.01. The molecule has 0 saturated heterocycles. The highest BCUT2D eigenvalue weighted by Gasteiger charge is 2.11. The maximum Gasteiger partial charge on any atom is 0.270 e. The van der Waals surface area contributed by atoms with E-state index in [1.165, 1.54) is 12.1 Å². The van der Waals surface area contributed by atoms with Gasteiger partial charge in [0.15, 0.2) is 0 Å². The molecule has 0 spiro atoms. The average molecular weight is 277 g/mol. The van der Waals surface area contributed by atoms with Crippen LogP contribution in [-0.2, 0) is 0 Å². The molecule has 2 N–H and O–H groups in total. The molecule has 0 bridgehead atoms. The molecular weight excluding hydrogens is 268 g/mol. The van der Waals surface area contributed by atoms with Gasteiger partial charge in [0.2, 0.25) is 5.91 Å². The molecule has 2 rings (SSSR count). The number of nitro groups is 1. The van der Waals surface area contributed by atoms with Crippen LogP contribution in [0.3, 0.4) is 0 Å². The van der Waals surface area contributed by atoms with E-state index in [1.54, 1.807) is 30.3 Å². The van der Waals surface area contributed by atoms with Crippen LogP contribution in [0, 0.1) is 10.1 Å². The second-order valence-corrected chi connectivity index (χ2v) is 4.27. The molecule has 2 aromatic rings. The Morgan fingerprint density at radius 1 is 1.21 bits per heavy atom. The highest BCUT2D eigenvalue weighted by molar-refractivity contribution is 6.33. The second kappa shape index (κ2) is 5.07. The summed E-state index contributed by atoms with van der Waals surface area (Å²) in [6, 6.07) is 10.8. The van der Waals surface area contributed by atoms with Gasteiger partial charge < -0.3 is 5.73 Å². The van der Waals surface area contributed by atoms with Crippen molar-refractivity contribution >= 4 is 23.2 Å². The van der Waals surface area contributed by atoms with Gasteiger partial charge >= 0.3 is 0 Å². The van der Waals surface area contributed by atoms with Crippen LogP contribution in [0.15, 0.2) is 42.5 Å². The Morgan fingerprint density at radius 2 is 1.95 bits per heavy atom. The Kier molecular flexibility index (Phi) is 3.48. The van der Waals surface area contributed by atoms with Gasteiger partial charge in [0.25, 0.3) is 5.69 Å². The molecule has 0 saturated carbocycles. The first-order valence-corrected chi connectivity index (χ1v) is 5.71. The highest BCUT2D eigenvalue weighted by atomic mass is 35.5. The van der Waals surface area contributed by atoms with Gasteiger partial charge in [0, 0.05) is 23.3 Å². The summed E-state index contributed by atoms with van der Waals surface area (Å²) in [7, 11) is 0. The summed E-state index contributed by atoms with van der Waals surface area (Å²) in [6.07, 6.45) is 0. The van der Waals surface area contributed by atoms with E-state index in [2.05, 4.69) is 0 Å². The summed E-state index contributed by atoms with van der Waals surface area (Å²) in [4.78, 5) is 21.2. The number of hydrogen-bond acceptors (Lipinski definition) is 3. The molecule has 0 fully saturated rings. The first-order valence-electron chi connectivity index (χ1n) is 5.33. The number of carbonyl (C=O) groups excluding carboxylic acids is 1. The van der Waals surface area contributed by atoms with Crippen LogP contribution in [0.25, 0.3) is 11.1 Å². The standard InChI is InChI=1S/C13H9ClN2O3/c14-12-7-10(16(18)19)4-5-11(12)8-2-1-3-9(6-8)13(15)17/h1-7H,(H2,15,17). The van der Waals surface area contributed by atoms with Crippen molar-refractivity contribution in [2.45, 2.75) is 0 Å².